The van der Waals surface area contributed by atoms with Crippen molar-refractivity contribution < 1.29 is 48.6 Å². The monoisotopic (exact) mass is 612 g/mol. The van der Waals surface area contributed by atoms with Gasteiger partial charge in [0, 0.05) is 17.6 Å². The second kappa shape index (κ2) is 13.0. The molecule has 0 amide bonds. The van der Waals surface area contributed by atoms with E-state index in [2.05, 4.69) is 16.6 Å². The van der Waals surface area contributed by atoms with Crippen LogP contribution in [0.25, 0.3) is 0 Å². The van der Waals surface area contributed by atoms with Crippen LogP contribution in [0.1, 0.15) is 66.3 Å². The number of ether oxygens (including phenoxy) is 1. The van der Waals surface area contributed by atoms with E-state index in [1.165, 1.54) is 0 Å². The number of rotatable bonds is 8. The van der Waals surface area contributed by atoms with E-state index in [-0.39, 0.29) is 5.56 Å². The molecule has 1 aliphatic rings. The summed E-state index contributed by atoms with van der Waals surface area (Å²) >= 11 is 0. The second-order valence-corrected chi connectivity index (χ2v) is 9.80. The third kappa shape index (κ3) is 7.24. The van der Waals surface area contributed by atoms with Crippen LogP contribution in [0.5, 0.6) is 0 Å². The molecule has 0 radical (unpaired) electrons. The van der Waals surface area contributed by atoms with Gasteiger partial charge in [0.25, 0.3) is 0 Å². The maximum absolute atomic E-state index is 14.8. The van der Waals surface area contributed by atoms with Gasteiger partial charge >= 0.3 is 6.11 Å². The van der Waals surface area contributed by atoms with Gasteiger partial charge in [0.15, 0.2) is 17.5 Å². The smallest absolute Gasteiger partial charge is 0.429 e. The summed E-state index contributed by atoms with van der Waals surface area (Å²) in [6.45, 7) is 1.97. The minimum Gasteiger partial charge on any atom is -0.429 e. The Hall–Kier alpha value is -4.20. The van der Waals surface area contributed by atoms with Gasteiger partial charge in [-0.1, -0.05) is 31.6 Å². The van der Waals surface area contributed by atoms with Crippen molar-refractivity contribution in [2.24, 2.45) is 0 Å². The maximum Gasteiger partial charge on any atom is 0.432 e. The van der Waals surface area contributed by atoms with Gasteiger partial charge in [-0.15, -0.1) is 0 Å². The Labute approximate surface area is 240 Å². The lowest BCUT2D eigenvalue weighted by Gasteiger charge is -2.24. The van der Waals surface area contributed by atoms with E-state index in [0.29, 0.717) is 42.3 Å². The molecule has 3 aromatic carbocycles. The Morgan fingerprint density at radius 1 is 0.767 bits per heavy atom. The summed E-state index contributed by atoms with van der Waals surface area (Å²) < 4.78 is 147. The van der Waals surface area contributed by atoms with Crippen LogP contribution in [-0.4, -0.2) is 0 Å². The SMILES string of the molecule is CCCCCc1cc(F)c(C#Cc2cc(F)c(C(F)(F)OC3=CCC(c4cc(F)c(F)c(F)c4)C(F)=C3)c(F)c2)c(F)c1. The molecule has 1 atom stereocenters. The molecule has 0 aliphatic heterocycles. The normalized spacial score (nSPS) is 15.0. The molecule has 0 aromatic heterocycles. The summed E-state index contributed by atoms with van der Waals surface area (Å²) in [6, 6.07) is 4.12. The fraction of sp³-hybridized carbons (Fsp3) is 0.250. The molecule has 4 rings (SSSR count). The summed E-state index contributed by atoms with van der Waals surface area (Å²) in [7, 11) is 0. The van der Waals surface area contributed by atoms with Gasteiger partial charge in [-0.05, 0) is 72.9 Å². The number of halogens is 10. The van der Waals surface area contributed by atoms with Crippen LogP contribution in [0.4, 0.5) is 43.9 Å². The fourth-order valence-corrected chi connectivity index (χ4v) is 4.51. The van der Waals surface area contributed by atoms with Gasteiger partial charge in [0.2, 0.25) is 0 Å². The quantitative estimate of drug-likeness (QED) is 0.107. The number of hydrogen-bond donors (Lipinski definition) is 0. The second-order valence-electron chi connectivity index (χ2n) is 9.80. The largest absolute Gasteiger partial charge is 0.432 e. The number of allylic oxidation sites excluding steroid dienone is 3. The maximum atomic E-state index is 14.8. The van der Waals surface area contributed by atoms with Crippen molar-refractivity contribution in [1.82, 2.24) is 0 Å². The number of alkyl halides is 2. The highest BCUT2D eigenvalue weighted by Gasteiger charge is 2.42. The van der Waals surface area contributed by atoms with Crippen molar-refractivity contribution in [3.8, 4) is 11.8 Å². The minimum atomic E-state index is -4.67. The van der Waals surface area contributed by atoms with Crippen LogP contribution in [0.2, 0.25) is 0 Å². The fourth-order valence-electron chi connectivity index (χ4n) is 4.51. The molecular weight excluding hydrogens is 590 g/mol. The van der Waals surface area contributed by atoms with Crippen molar-refractivity contribution >= 4 is 0 Å². The third-order valence-electron chi connectivity index (χ3n) is 6.66. The highest BCUT2D eigenvalue weighted by atomic mass is 19.3. The van der Waals surface area contributed by atoms with E-state index in [0.717, 1.165) is 37.5 Å². The molecule has 0 saturated heterocycles. The van der Waals surface area contributed by atoms with Gasteiger partial charge in [-0.25, -0.2) is 35.1 Å². The Bertz CT molecular complexity index is 1590. The zero-order chi connectivity index (χ0) is 31.5. The van der Waals surface area contributed by atoms with E-state index in [9.17, 15) is 43.9 Å². The molecule has 226 valence electrons. The lowest BCUT2D eigenvalue weighted by atomic mass is 9.90. The molecule has 1 unspecified atom stereocenters. The van der Waals surface area contributed by atoms with Crippen molar-refractivity contribution in [3.05, 3.63) is 129 Å². The zero-order valence-electron chi connectivity index (χ0n) is 22.4. The predicted molar refractivity (Wildman–Crippen MR) is 138 cm³/mol. The van der Waals surface area contributed by atoms with Gasteiger partial charge in [0.1, 0.15) is 40.4 Å². The van der Waals surface area contributed by atoms with E-state index in [1.54, 1.807) is 0 Å². The molecule has 0 spiro atoms. The van der Waals surface area contributed by atoms with Crippen LogP contribution < -0.4 is 0 Å². The molecule has 0 N–H and O–H groups in total. The molecule has 0 heterocycles. The average molecular weight is 613 g/mol. The first kappa shape index (κ1) is 31.7. The summed E-state index contributed by atoms with van der Waals surface area (Å²) in [6.07, 6.45) is -0.837. The van der Waals surface area contributed by atoms with Crippen molar-refractivity contribution in [2.45, 2.75) is 51.1 Å². The molecule has 0 fully saturated rings. The van der Waals surface area contributed by atoms with Crippen LogP contribution in [0.15, 0.2) is 60.1 Å². The van der Waals surface area contributed by atoms with Crippen molar-refractivity contribution in [1.29, 1.82) is 0 Å². The summed E-state index contributed by atoms with van der Waals surface area (Å²) in [4.78, 5) is 0. The number of hydrogen-bond acceptors (Lipinski definition) is 1. The van der Waals surface area contributed by atoms with Crippen LogP contribution in [0, 0.1) is 52.6 Å². The zero-order valence-corrected chi connectivity index (χ0v) is 22.4. The Balaban J connectivity index is 1.52. The first-order chi connectivity index (χ1) is 20.3. The Morgan fingerprint density at radius 2 is 1.37 bits per heavy atom. The van der Waals surface area contributed by atoms with Crippen molar-refractivity contribution in [2.75, 3.05) is 0 Å². The van der Waals surface area contributed by atoms with E-state index in [4.69, 9.17) is 0 Å². The highest BCUT2D eigenvalue weighted by Crippen LogP contribution is 2.40. The first-order valence-electron chi connectivity index (χ1n) is 13.1. The lowest BCUT2D eigenvalue weighted by Crippen LogP contribution is -2.22. The van der Waals surface area contributed by atoms with E-state index in [1.807, 2.05) is 6.92 Å². The van der Waals surface area contributed by atoms with Crippen LogP contribution in [-0.2, 0) is 17.3 Å². The molecule has 1 aliphatic carbocycles. The Morgan fingerprint density at radius 3 is 1.93 bits per heavy atom. The number of aryl methyl sites for hydroxylation is 1. The van der Waals surface area contributed by atoms with Gasteiger partial charge in [-0.3, -0.25) is 0 Å². The van der Waals surface area contributed by atoms with Crippen LogP contribution in [0.3, 0.4) is 0 Å². The molecular formula is C32H22F10O. The molecule has 0 saturated carbocycles. The summed E-state index contributed by atoms with van der Waals surface area (Å²) in [5.41, 5.74) is -2.92. The van der Waals surface area contributed by atoms with Gasteiger partial charge in [0.05, 0.1) is 5.56 Å². The lowest BCUT2D eigenvalue weighted by molar-refractivity contribution is -0.225. The van der Waals surface area contributed by atoms with Crippen LogP contribution >= 0.6 is 0 Å². The number of unbranched alkanes of at least 4 members (excludes halogenated alkanes) is 2. The molecule has 43 heavy (non-hydrogen) atoms. The minimum absolute atomic E-state index is 0.316. The number of benzene rings is 3. The average Bonchev–Trinajstić information content (AvgIpc) is 2.90. The van der Waals surface area contributed by atoms with Gasteiger partial charge in [-0.2, -0.15) is 8.78 Å². The molecule has 1 nitrogen and oxygen atoms in total. The van der Waals surface area contributed by atoms with Crippen molar-refractivity contribution in [3.63, 3.8) is 0 Å². The molecule has 3 aromatic rings. The molecule has 0 bridgehead atoms. The molecule has 11 heteroatoms. The third-order valence-corrected chi connectivity index (χ3v) is 6.66. The summed E-state index contributed by atoms with van der Waals surface area (Å²) in [5, 5.41) is 0. The van der Waals surface area contributed by atoms with E-state index < -0.39 is 87.4 Å². The van der Waals surface area contributed by atoms with Gasteiger partial charge < -0.3 is 4.74 Å². The predicted octanol–water partition coefficient (Wildman–Crippen LogP) is 9.78. The topological polar surface area (TPSA) is 9.23 Å². The first-order valence-corrected chi connectivity index (χ1v) is 13.1. The van der Waals surface area contributed by atoms with E-state index >= 15 is 0 Å². The standard InChI is InChI=1S/C32H22F10O/c1-2-3-4-5-17-10-23(33)22(24(34)11-17)8-6-18-12-26(36)30(27(37)13-18)32(41,42)43-20-7-9-21(25(35)16-20)19-14-28(38)31(40)29(39)15-19/h7,10-16,21H,2-5,9H2,1H3. The summed E-state index contributed by atoms with van der Waals surface area (Å²) in [5.74, 6) is -9.63. The highest BCUT2D eigenvalue weighted by molar-refractivity contribution is 5.46. The Kier molecular flexibility index (Phi) is 9.58.